The number of anilines is 2. The summed E-state index contributed by atoms with van der Waals surface area (Å²) in [5.41, 5.74) is 2.45. The Morgan fingerprint density at radius 1 is 1.32 bits per heavy atom. The second kappa shape index (κ2) is 5.41. The van der Waals surface area contributed by atoms with Crippen molar-refractivity contribution in [2.75, 3.05) is 22.2 Å². The average Bonchev–Trinajstić information content (AvgIpc) is 3.11. The molecule has 8 nitrogen and oxygen atoms in total. The van der Waals surface area contributed by atoms with Gasteiger partial charge < -0.3 is 5.32 Å². The third-order valence-electron chi connectivity index (χ3n) is 2.72. The Bertz CT molecular complexity index is 536. The van der Waals surface area contributed by atoms with E-state index in [1.807, 2.05) is 11.8 Å². The van der Waals surface area contributed by atoms with Crippen molar-refractivity contribution in [2.45, 2.75) is 12.5 Å². The van der Waals surface area contributed by atoms with Gasteiger partial charge in [0.2, 0.25) is 11.9 Å². The van der Waals surface area contributed by atoms with E-state index < -0.39 is 0 Å². The van der Waals surface area contributed by atoms with Crippen LogP contribution in [0.5, 0.6) is 0 Å². The lowest BCUT2D eigenvalue weighted by Crippen LogP contribution is -2.22. The van der Waals surface area contributed by atoms with Crippen molar-refractivity contribution in [2.24, 2.45) is 5.84 Å². The molecule has 100 valence electrons. The SMILES string of the molecule is NNc1nc(NC2CCSC2)nc(-n2cccn2)n1. The molecule has 1 saturated heterocycles. The third kappa shape index (κ3) is 2.76. The van der Waals surface area contributed by atoms with Crippen LogP contribution in [0.3, 0.4) is 0 Å². The fourth-order valence-electron chi connectivity index (χ4n) is 1.81. The van der Waals surface area contributed by atoms with Crippen LogP contribution in [0, 0.1) is 0 Å². The second-order valence-electron chi connectivity index (χ2n) is 4.08. The van der Waals surface area contributed by atoms with Gasteiger partial charge in [-0.15, -0.1) is 0 Å². The van der Waals surface area contributed by atoms with E-state index in [4.69, 9.17) is 5.84 Å². The second-order valence-corrected chi connectivity index (χ2v) is 5.23. The summed E-state index contributed by atoms with van der Waals surface area (Å²) in [4.78, 5) is 12.7. The Balaban J connectivity index is 1.88. The molecule has 1 unspecified atom stereocenters. The summed E-state index contributed by atoms with van der Waals surface area (Å²) in [5, 5.41) is 7.40. The molecule has 1 atom stereocenters. The van der Waals surface area contributed by atoms with Crippen molar-refractivity contribution in [3.8, 4) is 5.95 Å². The zero-order valence-corrected chi connectivity index (χ0v) is 11.0. The fourth-order valence-corrected chi connectivity index (χ4v) is 2.97. The van der Waals surface area contributed by atoms with Gasteiger partial charge in [-0.1, -0.05) is 0 Å². The molecule has 0 amide bonds. The predicted octanol–water partition coefficient (Wildman–Crippen LogP) is 0.260. The highest BCUT2D eigenvalue weighted by molar-refractivity contribution is 7.99. The normalized spacial score (nSPS) is 18.5. The Kier molecular flexibility index (Phi) is 3.47. The highest BCUT2D eigenvalue weighted by Gasteiger charge is 2.17. The van der Waals surface area contributed by atoms with Crippen LogP contribution >= 0.6 is 11.8 Å². The van der Waals surface area contributed by atoms with Crippen LogP contribution in [0.1, 0.15) is 6.42 Å². The van der Waals surface area contributed by atoms with E-state index >= 15 is 0 Å². The summed E-state index contributed by atoms with van der Waals surface area (Å²) >= 11 is 1.92. The lowest BCUT2D eigenvalue weighted by molar-refractivity contribution is 0.768. The maximum absolute atomic E-state index is 5.38. The van der Waals surface area contributed by atoms with Crippen LogP contribution in [0.25, 0.3) is 5.95 Å². The van der Waals surface area contributed by atoms with Crippen LogP contribution in [-0.2, 0) is 0 Å². The van der Waals surface area contributed by atoms with Gasteiger partial charge in [-0.25, -0.2) is 10.5 Å². The molecule has 0 spiro atoms. The third-order valence-corrected chi connectivity index (χ3v) is 3.89. The van der Waals surface area contributed by atoms with Crippen molar-refractivity contribution in [1.82, 2.24) is 24.7 Å². The van der Waals surface area contributed by atoms with E-state index in [9.17, 15) is 0 Å². The van der Waals surface area contributed by atoms with Gasteiger partial charge in [0, 0.05) is 24.2 Å². The first kappa shape index (κ1) is 12.2. The smallest absolute Gasteiger partial charge is 0.257 e. The van der Waals surface area contributed by atoms with Gasteiger partial charge in [-0.3, -0.25) is 5.43 Å². The summed E-state index contributed by atoms with van der Waals surface area (Å²) in [6.07, 6.45) is 4.55. The van der Waals surface area contributed by atoms with E-state index in [-0.39, 0.29) is 0 Å². The monoisotopic (exact) mass is 278 g/mol. The standard InChI is InChI=1S/C10H14N8S/c11-17-9-14-8(13-7-2-5-19-6-7)15-10(16-9)18-4-1-3-12-18/h1,3-4,7H,2,5-6,11H2,(H2,13,14,15,16,17). The van der Waals surface area contributed by atoms with E-state index in [1.54, 1.807) is 23.1 Å². The summed E-state index contributed by atoms with van der Waals surface area (Å²) in [5.74, 6) is 8.87. The summed E-state index contributed by atoms with van der Waals surface area (Å²) < 4.78 is 1.57. The first-order valence-electron chi connectivity index (χ1n) is 5.92. The number of nitrogen functional groups attached to an aromatic ring is 1. The van der Waals surface area contributed by atoms with Gasteiger partial charge in [0.15, 0.2) is 0 Å². The van der Waals surface area contributed by atoms with Crippen molar-refractivity contribution in [1.29, 1.82) is 0 Å². The van der Waals surface area contributed by atoms with Gasteiger partial charge in [0.25, 0.3) is 5.95 Å². The minimum Gasteiger partial charge on any atom is -0.350 e. The van der Waals surface area contributed by atoms with E-state index in [0.29, 0.717) is 23.9 Å². The first-order valence-corrected chi connectivity index (χ1v) is 7.07. The molecule has 0 saturated carbocycles. The molecule has 3 heterocycles. The molecule has 1 fully saturated rings. The minimum absolute atomic E-state index is 0.314. The maximum atomic E-state index is 5.38. The number of aromatic nitrogens is 5. The zero-order chi connectivity index (χ0) is 13.1. The molecule has 2 aromatic rings. The molecule has 0 bridgehead atoms. The Hall–Kier alpha value is -1.87. The number of hydrazine groups is 1. The topological polar surface area (TPSA) is 107 Å². The molecule has 9 heteroatoms. The van der Waals surface area contributed by atoms with Crippen molar-refractivity contribution in [3.05, 3.63) is 18.5 Å². The van der Waals surface area contributed by atoms with E-state index in [1.165, 1.54) is 0 Å². The quantitative estimate of drug-likeness (QED) is 0.540. The van der Waals surface area contributed by atoms with Gasteiger partial charge in [0.05, 0.1) is 0 Å². The molecular weight excluding hydrogens is 264 g/mol. The van der Waals surface area contributed by atoms with Crippen LogP contribution in [-0.4, -0.2) is 42.3 Å². The molecule has 19 heavy (non-hydrogen) atoms. The van der Waals surface area contributed by atoms with Crippen molar-refractivity contribution >= 4 is 23.7 Å². The highest BCUT2D eigenvalue weighted by atomic mass is 32.2. The summed E-state index contributed by atoms with van der Waals surface area (Å²) in [6.45, 7) is 0. The van der Waals surface area contributed by atoms with Crippen molar-refractivity contribution < 1.29 is 0 Å². The number of hydrogen-bond acceptors (Lipinski definition) is 8. The van der Waals surface area contributed by atoms with Gasteiger partial charge in [-0.2, -0.15) is 31.8 Å². The molecule has 3 rings (SSSR count). The number of rotatable bonds is 4. The number of nitrogens with one attached hydrogen (secondary N) is 2. The minimum atomic E-state index is 0.314. The molecule has 1 aliphatic rings. The molecule has 0 aromatic carbocycles. The number of thioether (sulfide) groups is 1. The van der Waals surface area contributed by atoms with Crippen LogP contribution < -0.4 is 16.6 Å². The predicted molar refractivity (Wildman–Crippen MR) is 74.1 cm³/mol. The first-order chi connectivity index (χ1) is 9.35. The molecule has 0 aliphatic carbocycles. The fraction of sp³-hybridized carbons (Fsp3) is 0.400. The van der Waals surface area contributed by atoms with Gasteiger partial charge in [-0.05, 0) is 18.2 Å². The van der Waals surface area contributed by atoms with E-state index in [0.717, 1.165) is 17.9 Å². The van der Waals surface area contributed by atoms with Crippen LogP contribution in [0.4, 0.5) is 11.9 Å². The lowest BCUT2D eigenvalue weighted by atomic mass is 10.3. The summed E-state index contributed by atoms with van der Waals surface area (Å²) in [6, 6.07) is 2.20. The van der Waals surface area contributed by atoms with Gasteiger partial charge >= 0.3 is 0 Å². The largest absolute Gasteiger partial charge is 0.350 e. The van der Waals surface area contributed by atoms with Crippen molar-refractivity contribution in [3.63, 3.8) is 0 Å². The average molecular weight is 278 g/mol. The van der Waals surface area contributed by atoms with E-state index in [2.05, 4.69) is 30.8 Å². The van der Waals surface area contributed by atoms with Gasteiger partial charge in [0.1, 0.15) is 0 Å². The molecule has 1 aliphatic heterocycles. The summed E-state index contributed by atoms with van der Waals surface area (Å²) in [7, 11) is 0. The lowest BCUT2D eigenvalue weighted by Gasteiger charge is -2.12. The Morgan fingerprint density at radius 3 is 2.89 bits per heavy atom. The molecule has 0 radical (unpaired) electrons. The maximum Gasteiger partial charge on any atom is 0.257 e. The molecule has 2 aromatic heterocycles. The number of nitrogens with two attached hydrogens (primary N) is 1. The Morgan fingerprint density at radius 2 is 2.21 bits per heavy atom. The number of hydrogen-bond donors (Lipinski definition) is 3. The molecule has 4 N–H and O–H groups in total. The zero-order valence-electron chi connectivity index (χ0n) is 10.2. The van der Waals surface area contributed by atoms with Crippen LogP contribution in [0.2, 0.25) is 0 Å². The number of nitrogens with zero attached hydrogens (tertiary/aromatic N) is 5. The van der Waals surface area contributed by atoms with Crippen LogP contribution in [0.15, 0.2) is 18.5 Å². The highest BCUT2D eigenvalue weighted by Crippen LogP contribution is 2.20. The molecular formula is C10H14N8S. The Labute approximate surface area is 114 Å².